The van der Waals surface area contributed by atoms with Gasteiger partial charge in [0, 0.05) is 11.8 Å². The van der Waals surface area contributed by atoms with Crippen LogP contribution in [0, 0.1) is 0 Å². The molecule has 0 saturated heterocycles. The first-order valence-corrected chi connectivity index (χ1v) is 4.72. The molecule has 0 unspecified atom stereocenters. The quantitative estimate of drug-likeness (QED) is 0.627. The van der Waals surface area contributed by atoms with Crippen molar-refractivity contribution in [2.24, 2.45) is 0 Å². The van der Waals surface area contributed by atoms with Crippen molar-refractivity contribution in [3.05, 3.63) is 22.2 Å². The standard InChI is InChI=1S/C8H4BrF6NO/c9-6-4(7(10,11)12)1-3(16)2-5(6)17-8(13,14)15/h1-2H,16H2. The largest absolute Gasteiger partial charge is 0.573 e. The van der Waals surface area contributed by atoms with Crippen LogP contribution in [0.3, 0.4) is 0 Å². The molecule has 0 fully saturated rings. The first kappa shape index (κ1) is 13.9. The van der Waals surface area contributed by atoms with Crippen LogP contribution in [0.25, 0.3) is 0 Å². The molecular weight excluding hydrogens is 320 g/mol. The average molecular weight is 324 g/mol. The minimum Gasteiger partial charge on any atom is -0.404 e. The van der Waals surface area contributed by atoms with Crippen LogP contribution in [0.1, 0.15) is 5.56 Å². The molecule has 0 heterocycles. The smallest absolute Gasteiger partial charge is 0.404 e. The lowest BCUT2D eigenvalue weighted by Gasteiger charge is -2.15. The number of anilines is 1. The molecule has 96 valence electrons. The van der Waals surface area contributed by atoms with E-state index in [9.17, 15) is 26.3 Å². The first-order valence-electron chi connectivity index (χ1n) is 3.92. The van der Waals surface area contributed by atoms with Crippen molar-refractivity contribution in [1.29, 1.82) is 0 Å². The van der Waals surface area contributed by atoms with Crippen LogP contribution >= 0.6 is 15.9 Å². The molecule has 1 aromatic carbocycles. The molecule has 2 N–H and O–H groups in total. The molecule has 0 aromatic heterocycles. The van der Waals surface area contributed by atoms with E-state index >= 15 is 0 Å². The summed E-state index contributed by atoms with van der Waals surface area (Å²) >= 11 is 2.40. The van der Waals surface area contributed by atoms with E-state index in [0.29, 0.717) is 12.1 Å². The normalized spacial score (nSPS) is 12.6. The van der Waals surface area contributed by atoms with E-state index in [1.165, 1.54) is 0 Å². The Kier molecular flexibility index (Phi) is 3.51. The maximum Gasteiger partial charge on any atom is 0.573 e. The fourth-order valence-electron chi connectivity index (χ4n) is 1.02. The highest BCUT2D eigenvalue weighted by Crippen LogP contribution is 2.42. The summed E-state index contributed by atoms with van der Waals surface area (Å²) < 4.78 is 75.6. The highest BCUT2D eigenvalue weighted by atomic mass is 79.9. The molecule has 0 aliphatic rings. The van der Waals surface area contributed by atoms with Crippen LogP contribution in [0.5, 0.6) is 5.75 Å². The van der Waals surface area contributed by atoms with Crippen LogP contribution in [0.15, 0.2) is 16.6 Å². The molecule has 0 radical (unpaired) electrons. The highest BCUT2D eigenvalue weighted by molar-refractivity contribution is 9.10. The van der Waals surface area contributed by atoms with Gasteiger partial charge in [-0.2, -0.15) is 13.2 Å². The van der Waals surface area contributed by atoms with Gasteiger partial charge in [-0.25, -0.2) is 0 Å². The van der Waals surface area contributed by atoms with E-state index < -0.39 is 34.0 Å². The highest BCUT2D eigenvalue weighted by Gasteiger charge is 2.37. The fraction of sp³-hybridized carbons (Fsp3) is 0.250. The molecular formula is C8H4BrF6NO. The van der Waals surface area contributed by atoms with E-state index in [0.717, 1.165) is 0 Å². The number of halogens is 7. The SMILES string of the molecule is Nc1cc(OC(F)(F)F)c(Br)c(C(F)(F)F)c1. The molecule has 0 saturated carbocycles. The van der Waals surface area contributed by atoms with Crippen molar-refractivity contribution in [1.82, 2.24) is 0 Å². The summed E-state index contributed by atoms with van der Waals surface area (Å²) in [7, 11) is 0. The number of benzene rings is 1. The Bertz CT molecular complexity index is 427. The Morgan fingerprint density at radius 1 is 1.06 bits per heavy atom. The van der Waals surface area contributed by atoms with Crippen molar-refractivity contribution in [2.75, 3.05) is 5.73 Å². The number of hydrogen-bond acceptors (Lipinski definition) is 2. The second kappa shape index (κ2) is 4.28. The van der Waals surface area contributed by atoms with Gasteiger partial charge in [0.1, 0.15) is 5.75 Å². The Balaban J connectivity index is 3.29. The van der Waals surface area contributed by atoms with Gasteiger partial charge in [-0.05, 0) is 22.0 Å². The van der Waals surface area contributed by atoms with Gasteiger partial charge < -0.3 is 10.5 Å². The molecule has 0 amide bonds. The van der Waals surface area contributed by atoms with E-state index in [-0.39, 0.29) is 0 Å². The Morgan fingerprint density at radius 2 is 1.59 bits per heavy atom. The third-order valence-electron chi connectivity index (χ3n) is 1.59. The van der Waals surface area contributed by atoms with Gasteiger partial charge in [0.15, 0.2) is 0 Å². The number of hydrogen-bond donors (Lipinski definition) is 1. The molecule has 0 aliphatic heterocycles. The Morgan fingerprint density at radius 3 is 2.00 bits per heavy atom. The second-order valence-electron chi connectivity index (χ2n) is 2.93. The van der Waals surface area contributed by atoms with Crippen LogP contribution < -0.4 is 10.5 Å². The fourth-order valence-corrected chi connectivity index (χ4v) is 1.56. The topological polar surface area (TPSA) is 35.2 Å². The van der Waals surface area contributed by atoms with Crippen molar-refractivity contribution >= 4 is 21.6 Å². The van der Waals surface area contributed by atoms with Crippen LogP contribution in [-0.2, 0) is 6.18 Å². The molecule has 0 atom stereocenters. The van der Waals surface area contributed by atoms with Gasteiger partial charge in [-0.15, -0.1) is 13.2 Å². The summed E-state index contributed by atoms with van der Waals surface area (Å²) in [6, 6.07) is 1.15. The molecule has 2 nitrogen and oxygen atoms in total. The summed E-state index contributed by atoms with van der Waals surface area (Å²) in [5.41, 5.74) is 3.25. The van der Waals surface area contributed by atoms with Gasteiger partial charge in [0.2, 0.25) is 0 Å². The van der Waals surface area contributed by atoms with E-state index in [1.807, 2.05) is 0 Å². The van der Waals surface area contributed by atoms with Crippen LogP contribution in [0.4, 0.5) is 32.0 Å². The second-order valence-corrected chi connectivity index (χ2v) is 3.72. The van der Waals surface area contributed by atoms with Crippen molar-refractivity contribution in [3.8, 4) is 5.75 Å². The molecule has 0 spiro atoms. The molecule has 0 bridgehead atoms. The minimum absolute atomic E-state index is 0.486. The molecule has 1 aromatic rings. The Hall–Kier alpha value is -1.12. The lowest BCUT2D eigenvalue weighted by Crippen LogP contribution is -2.18. The van der Waals surface area contributed by atoms with Gasteiger partial charge in [-0.3, -0.25) is 0 Å². The maximum absolute atomic E-state index is 12.4. The maximum atomic E-state index is 12.4. The predicted molar refractivity (Wildman–Crippen MR) is 50.2 cm³/mol. The zero-order valence-electron chi connectivity index (χ0n) is 7.79. The monoisotopic (exact) mass is 323 g/mol. The van der Waals surface area contributed by atoms with Crippen molar-refractivity contribution in [2.45, 2.75) is 12.5 Å². The molecule has 0 aliphatic carbocycles. The lowest BCUT2D eigenvalue weighted by molar-refractivity contribution is -0.275. The minimum atomic E-state index is -5.10. The summed E-state index contributed by atoms with van der Waals surface area (Å²) in [4.78, 5) is 0. The molecule has 9 heteroatoms. The average Bonchev–Trinajstić information content (AvgIpc) is 2.06. The van der Waals surface area contributed by atoms with Gasteiger partial charge in [0.05, 0.1) is 10.0 Å². The third kappa shape index (κ3) is 3.69. The summed E-state index contributed by atoms with van der Waals surface area (Å²) in [6.45, 7) is 0. The number of nitrogen functional groups attached to an aromatic ring is 1. The van der Waals surface area contributed by atoms with Gasteiger partial charge in [-0.1, -0.05) is 0 Å². The molecule has 17 heavy (non-hydrogen) atoms. The zero-order valence-corrected chi connectivity index (χ0v) is 9.37. The number of alkyl halides is 6. The summed E-state index contributed by atoms with van der Waals surface area (Å²) in [6.07, 6.45) is -9.93. The van der Waals surface area contributed by atoms with Crippen LogP contribution in [-0.4, -0.2) is 6.36 Å². The van der Waals surface area contributed by atoms with Crippen LogP contribution in [0.2, 0.25) is 0 Å². The zero-order chi connectivity index (χ0) is 13.4. The van der Waals surface area contributed by atoms with Crippen molar-refractivity contribution in [3.63, 3.8) is 0 Å². The lowest BCUT2D eigenvalue weighted by atomic mass is 10.2. The number of nitrogens with two attached hydrogens (primary N) is 1. The van der Waals surface area contributed by atoms with E-state index in [2.05, 4.69) is 20.7 Å². The number of rotatable bonds is 1. The first-order chi connectivity index (χ1) is 7.50. The van der Waals surface area contributed by atoms with E-state index in [1.54, 1.807) is 0 Å². The predicted octanol–water partition coefficient (Wildman–Crippen LogP) is 3.95. The van der Waals surface area contributed by atoms with Crippen molar-refractivity contribution < 1.29 is 31.1 Å². The third-order valence-corrected chi connectivity index (χ3v) is 2.41. The van der Waals surface area contributed by atoms with E-state index in [4.69, 9.17) is 5.73 Å². The summed E-state index contributed by atoms with van der Waals surface area (Å²) in [5, 5.41) is 0. The van der Waals surface area contributed by atoms with Gasteiger partial charge >= 0.3 is 12.5 Å². The Labute approximate surface area is 99.5 Å². The van der Waals surface area contributed by atoms with Gasteiger partial charge in [0.25, 0.3) is 0 Å². The number of ether oxygens (including phenoxy) is 1. The molecule has 1 rings (SSSR count). The summed E-state index contributed by atoms with van der Waals surface area (Å²) in [5.74, 6) is -1.04.